The summed E-state index contributed by atoms with van der Waals surface area (Å²) in [4.78, 5) is 12.2. The van der Waals surface area contributed by atoms with E-state index in [9.17, 15) is 4.79 Å². The SMILES string of the molecule is O=C(Nc1ccc2ccccc2c1)Nc1ccccc1CCO. The van der Waals surface area contributed by atoms with Gasteiger partial charge in [0.25, 0.3) is 0 Å². The van der Waals surface area contributed by atoms with Gasteiger partial charge in [-0.15, -0.1) is 0 Å². The lowest BCUT2D eigenvalue weighted by Gasteiger charge is -2.11. The molecule has 0 aliphatic carbocycles. The summed E-state index contributed by atoms with van der Waals surface area (Å²) in [5.74, 6) is 0. The molecule has 4 heteroatoms. The van der Waals surface area contributed by atoms with Crippen LogP contribution in [0.3, 0.4) is 0 Å². The molecule has 0 fully saturated rings. The Balaban J connectivity index is 1.73. The average Bonchev–Trinajstić information content (AvgIpc) is 2.57. The molecule has 2 amide bonds. The van der Waals surface area contributed by atoms with Gasteiger partial charge in [-0.05, 0) is 41.0 Å². The number of aliphatic hydroxyl groups is 1. The van der Waals surface area contributed by atoms with Crippen molar-refractivity contribution in [2.24, 2.45) is 0 Å². The number of para-hydroxylation sites is 1. The number of hydrogen-bond donors (Lipinski definition) is 3. The Morgan fingerprint density at radius 2 is 1.61 bits per heavy atom. The molecule has 4 nitrogen and oxygen atoms in total. The number of urea groups is 1. The van der Waals surface area contributed by atoms with Crippen molar-refractivity contribution in [2.45, 2.75) is 6.42 Å². The minimum absolute atomic E-state index is 0.0466. The van der Waals surface area contributed by atoms with Crippen molar-refractivity contribution in [3.63, 3.8) is 0 Å². The summed E-state index contributed by atoms with van der Waals surface area (Å²) >= 11 is 0. The van der Waals surface area contributed by atoms with Crippen LogP contribution in [-0.4, -0.2) is 17.7 Å². The van der Waals surface area contributed by atoms with Gasteiger partial charge in [-0.3, -0.25) is 0 Å². The molecule has 0 saturated carbocycles. The summed E-state index contributed by atoms with van der Waals surface area (Å²) in [5.41, 5.74) is 2.35. The second-order valence-electron chi connectivity index (χ2n) is 5.27. The van der Waals surface area contributed by atoms with Gasteiger partial charge in [-0.2, -0.15) is 0 Å². The highest BCUT2D eigenvalue weighted by Gasteiger charge is 2.06. The number of hydrogen-bond acceptors (Lipinski definition) is 2. The fraction of sp³-hybridized carbons (Fsp3) is 0.105. The van der Waals surface area contributed by atoms with Crippen LogP contribution in [0.15, 0.2) is 66.7 Å². The molecule has 0 spiro atoms. The van der Waals surface area contributed by atoms with Gasteiger partial charge in [0.1, 0.15) is 0 Å². The third kappa shape index (κ3) is 3.67. The number of carbonyl (C=O) groups excluding carboxylic acids is 1. The van der Waals surface area contributed by atoms with Gasteiger partial charge in [0, 0.05) is 18.0 Å². The fourth-order valence-electron chi connectivity index (χ4n) is 2.53. The highest BCUT2D eigenvalue weighted by atomic mass is 16.3. The molecule has 0 aromatic heterocycles. The molecule has 23 heavy (non-hydrogen) atoms. The molecule has 3 aromatic rings. The Labute approximate surface area is 134 Å². The molecule has 0 atom stereocenters. The van der Waals surface area contributed by atoms with Crippen LogP contribution in [0.4, 0.5) is 16.2 Å². The first kappa shape index (κ1) is 15.1. The molecule has 0 aliphatic rings. The van der Waals surface area contributed by atoms with Crippen LogP contribution in [0, 0.1) is 0 Å². The number of aliphatic hydroxyl groups excluding tert-OH is 1. The maximum atomic E-state index is 12.2. The highest BCUT2D eigenvalue weighted by Crippen LogP contribution is 2.20. The van der Waals surface area contributed by atoms with Gasteiger partial charge in [0.05, 0.1) is 0 Å². The van der Waals surface area contributed by atoms with Crippen molar-refractivity contribution in [1.82, 2.24) is 0 Å². The summed E-state index contributed by atoms with van der Waals surface area (Å²) in [6.45, 7) is 0.0466. The van der Waals surface area contributed by atoms with Gasteiger partial charge >= 0.3 is 6.03 Å². The van der Waals surface area contributed by atoms with Gasteiger partial charge in [0.2, 0.25) is 0 Å². The maximum Gasteiger partial charge on any atom is 0.323 e. The van der Waals surface area contributed by atoms with Crippen LogP contribution < -0.4 is 10.6 Å². The Morgan fingerprint density at radius 1 is 0.870 bits per heavy atom. The summed E-state index contributed by atoms with van der Waals surface area (Å²) in [6.07, 6.45) is 0.506. The lowest BCUT2D eigenvalue weighted by molar-refractivity contribution is 0.262. The second-order valence-corrected chi connectivity index (χ2v) is 5.27. The molecule has 0 saturated heterocycles. The molecule has 0 bridgehead atoms. The van der Waals surface area contributed by atoms with E-state index in [1.54, 1.807) is 0 Å². The molecule has 0 unspecified atom stereocenters. The first-order chi connectivity index (χ1) is 11.3. The number of carbonyl (C=O) groups is 1. The van der Waals surface area contributed by atoms with E-state index in [-0.39, 0.29) is 12.6 Å². The number of nitrogens with one attached hydrogen (secondary N) is 2. The molecule has 0 heterocycles. The van der Waals surface area contributed by atoms with Crippen molar-refractivity contribution in [3.8, 4) is 0 Å². The van der Waals surface area contributed by atoms with Crippen LogP contribution in [0.5, 0.6) is 0 Å². The van der Waals surface area contributed by atoms with E-state index in [1.807, 2.05) is 66.7 Å². The fourth-order valence-corrected chi connectivity index (χ4v) is 2.53. The molecule has 3 aromatic carbocycles. The lowest BCUT2D eigenvalue weighted by atomic mass is 10.1. The third-order valence-electron chi connectivity index (χ3n) is 3.65. The first-order valence-electron chi connectivity index (χ1n) is 7.52. The summed E-state index contributed by atoms with van der Waals surface area (Å²) in [5, 5.41) is 17.0. The molecule has 3 rings (SSSR count). The zero-order valence-electron chi connectivity index (χ0n) is 12.6. The summed E-state index contributed by atoms with van der Waals surface area (Å²) in [7, 11) is 0. The number of rotatable bonds is 4. The Bertz CT molecular complexity index is 830. The Morgan fingerprint density at radius 3 is 2.43 bits per heavy atom. The van der Waals surface area contributed by atoms with Crippen LogP contribution in [0.25, 0.3) is 10.8 Å². The minimum atomic E-state index is -0.300. The number of fused-ring (bicyclic) bond motifs is 1. The van der Waals surface area contributed by atoms with Crippen LogP contribution in [-0.2, 0) is 6.42 Å². The molecule has 0 radical (unpaired) electrons. The van der Waals surface area contributed by atoms with Crippen molar-refractivity contribution >= 4 is 28.2 Å². The van der Waals surface area contributed by atoms with Crippen molar-refractivity contribution in [2.75, 3.05) is 17.2 Å². The normalized spacial score (nSPS) is 10.5. The van der Waals surface area contributed by atoms with Gasteiger partial charge < -0.3 is 15.7 Å². The van der Waals surface area contributed by atoms with E-state index in [1.165, 1.54) is 0 Å². The number of benzene rings is 3. The van der Waals surface area contributed by atoms with E-state index < -0.39 is 0 Å². The molecular formula is C19H18N2O2. The topological polar surface area (TPSA) is 61.4 Å². The van der Waals surface area contributed by atoms with Gasteiger partial charge in [-0.1, -0.05) is 48.5 Å². The van der Waals surface area contributed by atoms with Gasteiger partial charge in [-0.25, -0.2) is 4.79 Å². The zero-order chi connectivity index (χ0) is 16.1. The molecular weight excluding hydrogens is 288 g/mol. The van der Waals surface area contributed by atoms with Crippen molar-refractivity contribution in [1.29, 1.82) is 0 Å². The van der Waals surface area contributed by atoms with Crippen molar-refractivity contribution < 1.29 is 9.90 Å². The molecule has 116 valence electrons. The van der Waals surface area contributed by atoms with E-state index in [4.69, 9.17) is 5.11 Å². The predicted molar refractivity (Wildman–Crippen MR) is 93.8 cm³/mol. The monoisotopic (exact) mass is 306 g/mol. The van der Waals surface area contributed by atoms with E-state index in [2.05, 4.69) is 10.6 Å². The number of amides is 2. The molecule has 3 N–H and O–H groups in total. The van der Waals surface area contributed by atoms with E-state index in [0.717, 1.165) is 22.0 Å². The average molecular weight is 306 g/mol. The maximum absolute atomic E-state index is 12.2. The largest absolute Gasteiger partial charge is 0.396 e. The number of anilines is 2. The standard InChI is InChI=1S/C19H18N2O2/c22-12-11-15-6-3-4-8-18(15)21-19(23)20-17-10-9-14-5-1-2-7-16(14)13-17/h1-10,13,22H,11-12H2,(H2,20,21,23). The zero-order valence-corrected chi connectivity index (χ0v) is 12.6. The minimum Gasteiger partial charge on any atom is -0.396 e. The smallest absolute Gasteiger partial charge is 0.323 e. The quantitative estimate of drug-likeness (QED) is 0.682. The van der Waals surface area contributed by atoms with Crippen LogP contribution in [0.2, 0.25) is 0 Å². The highest BCUT2D eigenvalue weighted by molar-refractivity contribution is 6.01. The van der Waals surface area contributed by atoms with Gasteiger partial charge in [0.15, 0.2) is 0 Å². The lowest BCUT2D eigenvalue weighted by Crippen LogP contribution is -2.20. The third-order valence-corrected chi connectivity index (χ3v) is 3.65. The Kier molecular flexibility index (Phi) is 4.54. The van der Waals surface area contributed by atoms with Crippen LogP contribution in [0.1, 0.15) is 5.56 Å². The Hall–Kier alpha value is -2.85. The predicted octanol–water partition coefficient (Wildman–Crippen LogP) is 4.02. The molecule has 0 aliphatic heterocycles. The second kappa shape index (κ2) is 6.94. The summed E-state index contributed by atoms with van der Waals surface area (Å²) in [6, 6.07) is 20.9. The summed E-state index contributed by atoms with van der Waals surface area (Å²) < 4.78 is 0. The van der Waals surface area contributed by atoms with E-state index >= 15 is 0 Å². The van der Waals surface area contributed by atoms with Crippen LogP contribution >= 0.6 is 0 Å². The van der Waals surface area contributed by atoms with Crippen molar-refractivity contribution in [3.05, 3.63) is 72.3 Å². The first-order valence-corrected chi connectivity index (χ1v) is 7.52. The van der Waals surface area contributed by atoms with E-state index in [0.29, 0.717) is 12.1 Å².